The zero-order valence-corrected chi connectivity index (χ0v) is 17.3. The van der Waals surface area contributed by atoms with Crippen molar-refractivity contribution in [2.24, 2.45) is 13.0 Å². The van der Waals surface area contributed by atoms with Crippen LogP contribution in [0, 0.1) is 5.92 Å². The number of rotatable bonds is 6. The molecule has 1 N–H and O–H groups in total. The lowest BCUT2D eigenvalue weighted by atomic mass is 9.95. The van der Waals surface area contributed by atoms with Crippen LogP contribution in [0.4, 0.5) is 0 Å². The van der Waals surface area contributed by atoms with Crippen LogP contribution >= 0.6 is 0 Å². The highest BCUT2D eigenvalue weighted by molar-refractivity contribution is 5.80. The number of nitrogens with zero attached hydrogens (tertiary/aromatic N) is 3. The van der Waals surface area contributed by atoms with Crippen LogP contribution in [0.15, 0.2) is 54.9 Å². The van der Waals surface area contributed by atoms with Gasteiger partial charge in [0, 0.05) is 37.3 Å². The molecule has 5 nitrogen and oxygen atoms in total. The minimum atomic E-state index is 0.0571. The van der Waals surface area contributed by atoms with E-state index in [1.165, 1.54) is 10.9 Å². The van der Waals surface area contributed by atoms with Crippen molar-refractivity contribution in [2.45, 2.75) is 32.2 Å². The van der Waals surface area contributed by atoms with Crippen LogP contribution in [0.5, 0.6) is 0 Å². The predicted octanol–water partition coefficient (Wildman–Crippen LogP) is 3.71. The molecular formula is C24H30N4O. The topological polar surface area (TPSA) is 50.2 Å². The average Bonchev–Trinajstić information content (AvgIpc) is 3.09. The Morgan fingerprint density at radius 2 is 1.93 bits per heavy atom. The standard InChI is InChI=1S/C24H30N4O/c1-18(19-7-4-3-5-8-19)26-24(29)20-10-14-28(15-11-20)16-12-21-17-27(2)23-22(21)9-6-13-25-23/h3-9,13,17-18,20H,10-12,14-16H2,1-2H3,(H,26,29). The SMILES string of the molecule is CC(NC(=O)C1CCN(CCc2cn(C)c3ncccc23)CC1)c1ccccc1. The van der Waals surface area contributed by atoms with Crippen molar-refractivity contribution in [3.63, 3.8) is 0 Å². The molecule has 0 bridgehead atoms. The molecule has 1 aliphatic heterocycles. The fourth-order valence-corrected chi connectivity index (χ4v) is 4.35. The number of carbonyl (C=O) groups excluding carboxylic acids is 1. The average molecular weight is 391 g/mol. The number of hydrogen-bond donors (Lipinski definition) is 1. The van der Waals surface area contributed by atoms with Crippen LogP contribution in [-0.2, 0) is 18.3 Å². The second-order valence-corrected chi connectivity index (χ2v) is 8.15. The summed E-state index contributed by atoms with van der Waals surface area (Å²) in [6.07, 6.45) is 6.93. The summed E-state index contributed by atoms with van der Waals surface area (Å²) in [7, 11) is 2.05. The number of amides is 1. The molecule has 0 spiro atoms. The van der Waals surface area contributed by atoms with Crippen molar-refractivity contribution >= 4 is 16.9 Å². The molecule has 1 amide bonds. The molecule has 1 unspecified atom stereocenters. The highest BCUT2D eigenvalue weighted by Crippen LogP contribution is 2.22. The first kappa shape index (κ1) is 19.6. The van der Waals surface area contributed by atoms with Crippen LogP contribution in [0.3, 0.4) is 0 Å². The van der Waals surface area contributed by atoms with Crippen molar-refractivity contribution in [1.29, 1.82) is 0 Å². The van der Waals surface area contributed by atoms with Gasteiger partial charge in [-0.25, -0.2) is 4.98 Å². The molecule has 152 valence electrons. The number of hydrogen-bond acceptors (Lipinski definition) is 3. The lowest BCUT2D eigenvalue weighted by Crippen LogP contribution is -2.41. The Morgan fingerprint density at radius 1 is 1.17 bits per heavy atom. The maximum absolute atomic E-state index is 12.7. The maximum Gasteiger partial charge on any atom is 0.223 e. The summed E-state index contributed by atoms with van der Waals surface area (Å²) in [4.78, 5) is 19.6. The Hall–Kier alpha value is -2.66. The Kier molecular flexibility index (Phi) is 5.95. The summed E-state index contributed by atoms with van der Waals surface area (Å²) in [5, 5.41) is 4.44. The summed E-state index contributed by atoms with van der Waals surface area (Å²) in [5.41, 5.74) is 3.56. The van der Waals surface area contributed by atoms with Gasteiger partial charge in [0.15, 0.2) is 0 Å². The van der Waals surface area contributed by atoms with Gasteiger partial charge in [0.2, 0.25) is 5.91 Å². The van der Waals surface area contributed by atoms with E-state index in [1.54, 1.807) is 0 Å². The number of aryl methyl sites for hydroxylation is 1. The molecule has 0 radical (unpaired) electrons. The lowest BCUT2D eigenvalue weighted by molar-refractivity contribution is -0.127. The molecule has 3 aromatic rings. The zero-order valence-electron chi connectivity index (χ0n) is 17.3. The van der Waals surface area contributed by atoms with Crippen molar-refractivity contribution < 1.29 is 4.79 Å². The molecule has 4 rings (SSSR count). The highest BCUT2D eigenvalue weighted by atomic mass is 16.1. The van der Waals surface area contributed by atoms with E-state index < -0.39 is 0 Å². The molecule has 1 fully saturated rings. The van der Waals surface area contributed by atoms with Crippen LogP contribution in [-0.4, -0.2) is 40.0 Å². The van der Waals surface area contributed by atoms with Gasteiger partial charge in [-0.1, -0.05) is 30.3 Å². The van der Waals surface area contributed by atoms with Gasteiger partial charge >= 0.3 is 0 Å². The normalized spacial score (nSPS) is 16.8. The molecule has 1 aliphatic rings. The largest absolute Gasteiger partial charge is 0.349 e. The van der Waals surface area contributed by atoms with E-state index in [4.69, 9.17) is 0 Å². The molecule has 0 aliphatic carbocycles. The third-order valence-corrected chi connectivity index (χ3v) is 6.13. The first-order valence-corrected chi connectivity index (χ1v) is 10.6. The second kappa shape index (κ2) is 8.78. The highest BCUT2D eigenvalue weighted by Gasteiger charge is 2.26. The molecule has 0 saturated carbocycles. The number of nitrogens with one attached hydrogen (secondary N) is 1. The van der Waals surface area contributed by atoms with Crippen LogP contribution < -0.4 is 5.32 Å². The molecular weight excluding hydrogens is 360 g/mol. The van der Waals surface area contributed by atoms with Crippen molar-refractivity contribution in [3.8, 4) is 0 Å². The van der Waals surface area contributed by atoms with Gasteiger partial charge in [0.25, 0.3) is 0 Å². The van der Waals surface area contributed by atoms with Gasteiger partial charge in [-0.3, -0.25) is 4.79 Å². The number of fused-ring (bicyclic) bond motifs is 1. The van der Waals surface area contributed by atoms with E-state index in [9.17, 15) is 4.79 Å². The molecule has 1 aromatic carbocycles. The number of piperidine rings is 1. The Balaban J connectivity index is 1.26. The van der Waals surface area contributed by atoms with E-state index >= 15 is 0 Å². The molecule has 29 heavy (non-hydrogen) atoms. The quantitative estimate of drug-likeness (QED) is 0.698. The summed E-state index contributed by atoms with van der Waals surface area (Å²) in [6.45, 7) is 5.06. The number of aromatic nitrogens is 2. The molecule has 1 saturated heterocycles. The third-order valence-electron chi connectivity index (χ3n) is 6.13. The lowest BCUT2D eigenvalue weighted by Gasteiger charge is -2.31. The molecule has 1 atom stereocenters. The van der Waals surface area contributed by atoms with Crippen LogP contribution in [0.2, 0.25) is 0 Å². The fourth-order valence-electron chi connectivity index (χ4n) is 4.35. The Morgan fingerprint density at radius 3 is 2.69 bits per heavy atom. The first-order chi connectivity index (χ1) is 14.1. The second-order valence-electron chi connectivity index (χ2n) is 8.15. The van der Waals surface area contributed by atoms with Gasteiger partial charge < -0.3 is 14.8 Å². The van der Waals surface area contributed by atoms with Crippen LogP contribution in [0.25, 0.3) is 11.0 Å². The van der Waals surface area contributed by atoms with Crippen molar-refractivity contribution in [3.05, 3.63) is 66.0 Å². The first-order valence-electron chi connectivity index (χ1n) is 10.6. The van der Waals surface area contributed by atoms with E-state index in [1.807, 2.05) is 30.5 Å². The monoisotopic (exact) mass is 390 g/mol. The van der Waals surface area contributed by atoms with Gasteiger partial charge in [-0.05, 0) is 62.5 Å². The van der Waals surface area contributed by atoms with Gasteiger partial charge in [0.05, 0.1) is 6.04 Å². The van der Waals surface area contributed by atoms with Gasteiger partial charge in [0.1, 0.15) is 5.65 Å². The molecule has 2 aromatic heterocycles. The summed E-state index contributed by atoms with van der Waals surface area (Å²) >= 11 is 0. The zero-order chi connectivity index (χ0) is 20.2. The minimum Gasteiger partial charge on any atom is -0.349 e. The van der Waals surface area contributed by atoms with E-state index in [0.717, 1.165) is 50.1 Å². The van der Waals surface area contributed by atoms with Crippen LogP contribution in [0.1, 0.15) is 36.9 Å². The van der Waals surface area contributed by atoms with Gasteiger partial charge in [-0.2, -0.15) is 0 Å². The summed E-state index contributed by atoms with van der Waals surface area (Å²) in [5.74, 6) is 0.320. The predicted molar refractivity (Wildman–Crippen MR) is 117 cm³/mol. The number of carbonyl (C=O) groups is 1. The Labute approximate surface area is 172 Å². The molecule has 5 heteroatoms. The summed E-state index contributed by atoms with van der Waals surface area (Å²) < 4.78 is 2.11. The fraction of sp³-hybridized carbons (Fsp3) is 0.417. The number of benzene rings is 1. The smallest absolute Gasteiger partial charge is 0.223 e. The maximum atomic E-state index is 12.7. The molecule has 3 heterocycles. The number of pyridine rings is 1. The summed E-state index contributed by atoms with van der Waals surface area (Å²) in [6, 6.07) is 14.4. The van der Waals surface area contributed by atoms with Crippen molar-refractivity contribution in [1.82, 2.24) is 19.8 Å². The van der Waals surface area contributed by atoms with Crippen molar-refractivity contribution in [2.75, 3.05) is 19.6 Å². The minimum absolute atomic E-state index is 0.0571. The van der Waals surface area contributed by atoms with E-state index in [0.29, 0.717) is 0 Å². The Bertz CT molecular complexity index is 957. The van der Waals surface area contributed by atoms with Gasteiger partial charge in [-0.15, -0.1) is 0 Å². The third kappa shape index (κ3) is 4.51. The van der Waals surface area contributed by atoms with E-state index in [-0.39, 0.29) is 17.9 Å². The number of likely N-dealkylation sites (tertiary alicyclic amines) is 1. The van der Waals surface area contributed by atoms with E-state index in [2.05, 4.69) is 58.1 Å².